The van der Waals surface area contributed by atoms with E-state index in [0.717, 1.165) is 55.6 Å². The minimum Gasteiger partial charge on any atom is -0.342 e. The second-order valence-corrected chi connectivity index (χ2v) is 12.8. The zero-order chi connectivity index (χ0) is 26.5. The Kier molecular flexibility index (Phi) is 4.70. The summed E-state index contributed by atoms with van der Waals surface area (Å²) in [5.41, 5.74) is 13.6. The molecule has 1 saturated heterocycles. The topological polar surface area (TPSA) is 122 Å². The number of hydrogen-bond donors (Lipinski definition) is 3. The summed E-state index contributed by atoms with van der Waals surface area (Å²) in [4.78, 5) is 23.7. The Morgan fingerprint density at radius 2 is 1.90 bits per heavy atom. The Labute approximate surface area is 226 Å². The summed E-state index contributed by atoms with van der Waals surface area (Å²) < 4.78 is 2.10. The number of nitrogens with two attached hydrogens (primary N) is 1. The van der Waals surface area contributed by atoms with Gasteiger partial charge in [0.15, 0.2) is 5.65 Å². The molecule has 1 aromatic carbocycles. The first-order valence-electron chi connectivity index (χ1n) is 14.2. The molecule has 0 unspecified atom stereocenters. The second-order valence-electron chi connectivity index (χ2n) is 12.8. The quantitative estimate of drug-likeness (QED) is 0.373. The van der Waals surface area contributed by atoms with Gasteiger partial charge in [-0.3, -0.25) is 19.6 Å². The maximum absolute atomic E-state index is 13.6. The SMILES string of the molecule is CC1(C)C=C(c2n[nH]c3nc(N4CCC5(CC4)Cc4ccccc4[C@H]5N)[nH]c(=O)c23)c2cn(C3CC3)nc2C1. The minimum atomic E-state index is -0.163. The Balaban J connectivity index is 1.10. The van der Waals surface area contributed by atoms with E-state index in [2.05, 4.69) is 75.1 Å². The van der Waals surface area contributed by atoms with Crippen molar-refractivity contribution in [3.63, 3.8) is 0 Å². The fourth-order valence-corrected chi connectivity index (χ4v) is 7.20. The molecule has 39 heavy (non-hydrogen) atoms. The molecule has 9 nitrogen and oxygen atoms in total. The highest BCUT2D eigenvalue weighted by Crippen LogP contribution is 2.51. The number of H-pyrrole nitrogens is 2. The molecular formula is C30H34N8O. The van der Waals surface area contributed by atoms with Crippen molar-refractivity contribution in [1.29, 1.82) is 0 Å². The van der Waals surface area contributed by atoms with Crippen molar-refractivity contribution in [2.45, 2.75) is 64.5 Å². The molecular weight excluding hydrogens is 488 g/mol. The zero-order valence-electron chi connectivity index (χ0n) is 22.5. The van der Waals surface area contributed by atoms with Crippen LogP contribution in [0.2, 0.25) is 0 Å². The highest BCUT2D eigenvalue weighted by atomic mass is 16.1. The molecule has 4 aliphatic rings. The summed E-state index contributed by atoms with van der Waals surface area (Å²) in [6.45, 7) is 6.03. The van der Waals surface area contributed by atoms with Gasteiger partial charge in [-0.2, -0.15) is 15.2 Å². The van der Waals surface area contributed by atoms with Gasteiger partial charge in [0, 0.05) is 42.9 Å². The normalized spacial score (nSPS) is 23.2. The average Bonchev–Trinajstić information content (AvgIpc) is 3.44. The number of anilines is 1. The standard InChI is InChI=1S/C30H34N8O/c1-29(2)14-20(21-16-38(18-7-8-18)36-22(21)15-29)24-23-26(35-34-24)32-28(33-27(23)39)37-11-9-30(10-12-37)13-17-5-3-4-6-19(17)25(30)31/h3-6,14,16,18,25H,7-13,15,31H2,1-2H3,(H2,32,33,34,35,39)/t25-/m1/s1. The van der Waals surface area contributed by atoms with E-state index in [1.165, 1.54) is 24.0 Å². The monoisotopic (exact) mass is 522 g/mol. The van der Waals surface area contributed by atoms with Crippen LogP contribution in [0.3, 0.4) is 0 Å². The van der Waals surface area contributed by atoms with Crippen LogP contribution in [0.4, 0.5) is 5.95 Å². The molecule has 1 atom stereocenters. The number of nitrogens with zero attached hydrogens (tertiary/aromatic N) is 5. The number of fused-ring (bicyclic) bond motifs is 3. The molecule has 0 amide bonds. The van der Waals surface area contributed by atoms with Gasteiger partial charge in [0.1, 0.15) is 11.1 Å². The number of allylic oxidation sites excluding steroid dienone is 1. The summed E-state index contributed by atoms with van der Waals surface area (Å²) in [6, 6.07) is 9.13. The van der Waals surface area contributed by atoms with Gasteiger partial charge >= 0.3 is 0 Å². The van der Waals surface area contributed by atoms with E-state index in [0.29, 0.717) is 28.7 Å². The van der Waals surface area contributed by atoms with Gasteiger partial charge in [-0.25, -0.2) is 0 Å². The highest BCUT2D eigenvalue weighted by molar-refractivity contribution is 5.94. The molecule has 1 saturated carbocycles. The third-order valence-electron chi connectivity index (χ3n) is 9.50. The predicted octanol–water partition coefficient (Wildman–Crippen LogP) is 4.03. The number of aromatic amines is 2. The number of piperidine rings is 1. The zero-order valence-corrected chi connectivity index (χ0v) is 22.5. The van der Waals surface area contributed by atoms with Crippen LogP contribution < -0.4 is 16.2 Å². The summed E-state index contributed by atoms with van der Waals surface area (Å²) in [7, 11) is 0. The molecule has 0 bridgehead atoms. The summed E-state index contributed by atoms with van der Waals surface area (Å²) in [6.07, 6.45) is 10.6. The number of nitrogens with one attached hydrogen (secondary N) is 2. The van der Waals surface area contributed by atoms with Gasteiger partial charge in [-0.15, -0.1) is 0 Å². The summed E-state index contributed by atoms with van der Waals surface area (Å²) >= 11 is 0. The van der Waals surface area contributed by atoms with Crippen LogP contribution in [0.1, 0.15) is 79.7 Å². The number of aromatic nitrogens is 6. The molecule has 3 aliphatic carbocycles. The van der Waals surface area contributed by atoms with Crippen molar-refractivity contribution in [3.05, 3.63) is 75.0 Å². The van der Waals surface area contributed by atoms with Crippen molar-refractivity contribution < 1.29 is 0 Å². The van der Waals surface area contributed by atoms with E-state index >= 15 is 0 Å². The maximum Gasteiger partial charge on any atom is 0.264 e. The van der Waals surface area contributed by atoms with Crippen LogP contribution in [0.25, 0.3) is 16.6 Å². The molecule has 200 valence electrons. The van der Waals surface area contributed by atoms with Crippen molar-refractivity contribution in [2.24, 2.45) is 16.6 Å². The molecule has 8 rings (SSSR count). The molecule has 1 aliphatic heterocycles. The number of benzene rings is 1. The predicted molar refractivity (Wildman–Crippen MR) is 151 cm³/mol. The molecule has 4 N–H and O–H groups in total. The summed E-state index contributed by atoms with van der Waals surface area (Å²) in [5.74, 6) is 0.599. The van der Waals surface area contributed by atoms with Gasteiger partial charge in [0.05, 0.1) is 11.7 Å². The Hall–Kier alpha value is -3.72. The third kappa shape index (κ3) is 3.55. The van der Waals surface area contributed by atoms with Crippen molar-refractivity contribution in [3.8, 4) is 0 Å². The lowest BCUT2D eigenvalue weighted by Crippen LogP contribution is -2.45. The Bertz CT molecular complexity index is 1710. The lowest BCUT2D eigenvalue weighted by Gasteiger charge is -2.42. The van der Waals surface area contributed by atoms with Crippen molar-refractivity contribution >= 4 is 22.6 Å². The minimum absolute atomic E-state index is 0.0580. The van der Waals surface area contributed by atoms with Gasteiger partial charge in [-0.05, 0) is 54.1 Å². The van der Waals surface area contributed by atoms with Crippen LogP contribution >= 0.6 is 0 Å². The molecule has 1 spiro atoms. The van der Waals surface area contributed by atoms with E-state index in [-0.39, 0.29) is 22.4 Å². The average molecular weight is 523 g/mol. The number of rotatable bonds is 3. The second kappa shape index (κ2) is 7.91. The highest BCUT2D eigenvalue weighted by Gasteiger charge is 2.46. The van der Waals surface area contributed by atoms with Gasteiger partial charge in [0.2, 0.25) is 5.95 Å². The van der Waals surface area contributed by atoms with Crippen molar-refractivity contribution in [1.82, 2.24) is 29.9 Å². The van der Waals surface area contributed by atoms with Crippen LogP contribution in [0.5, 0.6) is 0 Å². The maximum atomic E-state index is 13.6. The van der Waals surface area contributed by atoms with Gasteiger partial charge in [-0.1, -0.05) is 44.2 Å². The Morgan fingerprint density at radius 3 is 2.67 bits per heavy atom. The first-order valence-corrected chi connectivity index (χ1v) is 14.2. The van der Waals surface area contributed by atoms with Crippen LogP contribution in [-0.4, -0.2) is 43.0 Å². The van der Waals surface area contributed by atoms with E-state index in [4.69, 9.17) is 15.8 Å². The van der Waals surface area contributed by atoms with E-state index in [1.54, 1.807) is 0 Å². The Morgan fingerprint density at radius 1 is 1.10 bits per heavy atom. The molecule has 4 aromatic rings. The van der Waals surface area contributed by atoms with Gasteiger partial charge in [0.25, 0.3) is 5.56 Å². The fourth-order valence-electron chi connectivity index (χ4n) is 7.20. The van der Waals surface area contributed by atoms with Gasteiger partial charge < -0.3 is 10.6 Å². The summed E-state index contributed by atoms with van der Waals surface area (Å²) in [5, 5.41) is 13.1. The van der Waals surface area contributed by atoms with E-state index < -0.39 is 0 Å². The smallest absolute Gasteiger partial charge is 0.264 e. The van der Waals surface area contributed by atoms with E-state index in [1.807, 2.05) is 0 Å². The van der Waals surface area contributed by atoms with Crippen LogP contribution in [0, 0.1) is 10.8 Å². The van der Waals surface area contributed by atoms with Crippen molar-refractivity contribution in [2.75, 3.05) is 18.0 Å². The van der Waals surface area contributed by atoms with Crippen LogP contribution in [0.15, 0.2) is 41.3 Å². The van der Waals surface area contributed by atoms with Crippen LogP contribution in [-0.2, 0) is 12.8 Å². The molecule has 3 aromatic heterocycles. The first kappa shape index (κ1) is 23.2. The lowest BCUT2D eigenvalue weighted by molar-refractivity contribution is 0.187. The number of hydrogen-bond acceptors (Lipinski definition) is 6. The molecule has 9 heteroatoms. The molecule has 2 fully saturated rings. The molecule has 0 radical (unpaired) electrons. The molecule has 4 heterocycles. The first-order chi connectivity index (χ1) is 18.8. The van der Waals surface area contributed by atoms with E-state index in [9.17, 15) is 4.79 Å². The third-order valence-corrected chi connectivity index (χ3v) is 9.50. The largest absolute Gasteiger partial charge is 0.342 e. The lowest BCUT2D eigenvalue weighted by atomic mass is 9.73. The fraction of sp³-hybridized carbons (Fsp3) is 0.467.